The van der Waals surface area contributed by atoms with Crippen LogP contribution in [0.5, 0.6) is 0 Å². The smallest absolute Gasteiger partial charge is 0.408 e. The van der Waals surface area contributed by atoms with E-state index in [1.807, 2.05) is 54.6 Å². The predicted molar refractivity (Wildman–Crippen MR) is 136 cm³/mol. The molecule has 0 aliphatic carbocycles. The lowest BCUT2D eigenvalue weighted by Crippen LogP contribution is -2.63. The minimum Gasteiger partial charge on any atom is -0.480 e. The summed E-state index contributed by atoms with van der Waals surface area (Å²) in [6.07, 6.45) is -0.483. The van der Waals surface area contributed by atoms with Crippen molar-refractivity contribution in [3.8, 4) is 11.1 Å². The van der Waals surface area contributed by atoms with Gasteiger partial charge in [0.15, 0.2) is 5.54 Å². The van der Waals surface area contributed by atoms with Gasteiger partial charge in [0, 0.05) is 19.0 Å². The monoisotopic (exact) mass is 496 g/mol. The molecule has 0 aromatic heterocycles. The van der Waals surface area contributed by atoms with Gasteiger partial charge in [0.25, 0.3) is 0 Å². The Kier molecular flexibility index (Phi) is 7.79. The molecule has 36 heavy (non-hydrogen) atoms. The molecule has 2 aromatic rings. The molecule has 3 atom stereocenters. The fourth-order valence-electron chi connectivity index (χ4n) is 5.61. The first-order valence-electron chi connectivity index (χ1n) is 12.3. The second-order valence-electron chi connectivity index (χ2n) is 10.3. The van der Waals surface area contributed by atoms with Gasteiger partial charge in [-0.15, -0.1) is 0 Å². The highest BCUT2D eigenvalue weighted by Crippen LogP contribution is 2.47. The Morgan fingerprint density at radius 1 is 1.00 bits per heavy atom. The van der Waals surface area contributed by atoms with Crippen LogP contribution in [0.4, 0.5) is 4.79 Å². The number of carbonyl (C=O) groups is 3. The van der Waals surface area contributed by atoms with E-state index in [1.54, 1.807) is 39.5 Å². The summed E-state index contributed by atoms with van der Waals surface area (Å²) in [7, 11) is 0. The normalized spacial score (nSPS) is 24.3. The van der Waals surface area contributed by atoms with Crippen molar-refractivity contribution in [1.29, 1.82) is 0 Å². The highest BCUT2D eigenvalue weighted by molar-refractivity contribution is 5.90. The summed E-state index contributed by atoms with van der Waals surface area (Å²) in [4.78, 5) is 40.2. The molecule has 3 N–H and O–H groups in total. The molecule has 1 heterocycles. The van der Waals surface area contributed by atoms with Crippen LogP contribution in [-0.2, 0) is 20.9 Å². The molecule has 1 aliphatic rings. The van der Waals surface area contributed by atoms with Crippen molar-refractivity contribution in [3.05, 3.63) is 60.2 Å². The van der Waals surface area contributed by atoms with E-state index >= 15 is 0 Å². The standard InChI is InChI=1S/C28H36N2O6/c1-6-22-27(23(31)32,29-25(35)36-26(3,4)5)18-30(28(22,7-2)24(33)34)17-20-15-11-12-16-21(20)19-13-9-8-10-14-19/h8-16,22H,6-7,17-18H2,1-5H3,(H,29,35)(H,31,32)(H,33,34)/t22?,27-,28+/m0/s1. The zero-order valence-corrected chi connectivity index (χ0v) is 21.6. The molecule has 0 radical (unpaired) electrons. The lowest BCUT2D eigenvalue weighted by molar-refractivity contribution is -0.154. The van der Waals surface area contributed by atoms with Crippen LogP contribution in [0.15, 0.2) is 54.6 Å². The molecule has 1 unspecified atom stereocenters. The van der Waals surface area contributed by atoms with Crippen molar-refractivity contribution < 1.29 is 29.3 Å². The first-order valence-corrected chi connectivity index (χ1v) is 12.3. The van der Waals surface area contributed by atoms with Crippen LogP contribution < -0.4 is 5.32 Å². The van der Waals surface area contributed by atoms with Crippen LogP contribution >= 0.6 is 0 Å². The Bertz CT molecular complexity index is 1110. The van der Waals surface area contributed by atoms with Crippen LogP contribution in [0.25, 0.3) is 11.1 Å². The van der Waals surface area contributed by atoms with E-state index < -0.39 is 40.6 Å². The van der Waals surface area contributed by atoms with Crippen LogP contribution in [0.1, 0.15) is 53.0 Å². The zero-order chi connectivity index (χ0) is 26.7. The minimum atomic E-state index is -1.84. The van der Waals surface area contributed by atoms with Gasteiger partial charge in [-0.1, -0.05) is 68.4 Å². The SMILES string of the molecule is CCC1[C@](CC)(C(=O)O)N(Cc2ccccc2-c2ccccc2)C[C@@]1(NC(=O)OC(C)(C)C)C(=O)O. The molecule has 0 bridgehead atoms. The number of aliphatic carboxylic acids is 2. The van der Waals surface area contributed by atoms with E-state index in [1.165, 1.54) is 0 Å². The summed E-state index contributed by atoms with van der Waals surface area (Å²) < 4.78 is 5.38. The lowest BCUT2D eigenvalue weighted by atomic mass is 9.72. The molecular weight excluding hydrogens is 460 g/mol. The summed E-state index contributed by atoms with van der Waals surface area (Å²) >= 11 is 0. The van der Waals surface area contributed by atoms with Crippen molar-refractivity contribution in [2.45, 2.75) is 70.7 Å². The van der Waals surface area contributed by atoms with Crippen molar-refractivity contribution >= 4 is 18.0 Å². The number of nitrogens with zero attached hydrogens (tertiary/aromatic N) is 1. The number of nitrogens with one attached hydrogen (secondary N) is 1. The summed E-state index contributed by atoms with van der Waals surface area (Å²) in [5.41, 5.74) is -1.40. The largest absolute Gasteiger partial charge is 0.480 e. The van der Waals surface area contributed by atoms with Gasteiger partial charge in [0.1, 0.15) is 11.1 Å². The molecule has 194 valence electrons. The number of carbonyl (C=O) groups excluding carboxylic acids is 1. The maximum absolute atomic E-state index is 12.9. The third-order valence-corrected chi connectivity index (χ3v) is 7.06. The Labute approximate surface area is 212 Å². The number of alkyl carbamates (subject to hydrolysis) is 1. The summed E-state index contributed by atoms with van der Waals surface area (Å²) in [5.74, 6) is -3.29. The average molecular weight is 497 g/mol. The molecule has 0 saturated carbocycles. The van der Waals surface area contributed by atoms with Gasteiger partial charge in [0.2, 0.25) is 0 Å². The van der Waals surface area contributed by atoms with Crippen molar-refractivity contribution in [2.75, 3.05) is 6.54 Å². The maximum Gasteiger partial charge on any atom is 0.408 e. The van der Waals surface area contributed by atoms with Crippen molar-refractivity contribution in [2.24, 2.45) is 5.92 Å². The second-order valence-corrected chi connectivity index (χ2v) is 10.3. The van der Waals surface area contributed by atoms with Crippen molar-refractivity contribution in [3.63, 3.8) is 0 Å². The van der Waals surface area contributed by atoms with Crippen LogP contribution in [0.2, 0.25) is 0 Å². The highest BCUT2D eigenvalue weighted by atomic mass is 16.6. The number of carboxylic acid groups (broad SMARTS) is 2. The molecule has 0 spiro atoms. The molecule has 8 heteroatoms. The van der Waals surface area contributed by atoms with E-state index in [9.17, 15) is 24.6 Å². The van der Waals surface area contributed by atoms with E-state index in [0.717, 1.165) is 16.7 Å². The quantitative estimate of drug-likeness (QED) is 0.482. The number of benzene rings is 2. The van der Waals surface area contributed by atoms with Crippen LogP contribution in [0, 0.1) is 5.92 Å². The predicted octanol–water partition coefficient (Wildman–Crippen LogP) is 4.78. The van der Waals surface area contributed by atoms with E-state index in [-0.39, 0.29) is 25.9 Å². The molecular formula is C28H36N2O6. The van der Waals surface area contributed by atoms with Crippen LogP contribution in [-0.4, -0.2) is 56.4 Å². The van der Waals surface area contributed by atoms with Gasteiger partial charge in [-0.25, -0.2) is 9.59 Å². The van der Waals surface area contributed by atoms with Gasteiger partial charge < -0.3 is 20.3 Å². The fourth-order valence-corrected chi connectivity index (χ4v) is 5.61. The number of hydrogen-bond acceptors (Lipinski definition) is 5. The fraction of sp³-hybridized carbons (Fsp3) is 0.464. The number of rotatable bonds is 8. The Hall–Kier alpha value is -3.39. The molecule has 1 aliphatic heterocycles. The Balaban J connectivity index is 2.11. The zero-order valence-electron chi connectivity index (χ0n) is 21.6. The van der Waals surface area contributed by atoms with Gasteiger partial charge in [-0.05, 0) is 50.3 Å². The Morgan fingerprint density at radius 2 is 1.61 bits per heavy atom. The molecule has 8 nitrogen and oxygen atoms in total. The molecule has 1 amide bonds. The Morgan fingerprint density at radius 3 is 2.14 bits per heavy atom. The molecule has 3 rings (SSSR count). The van der Waals surface area contributed by atoms with E-state index in [0.29, 0.717) is 0 Å². The first-order chi connectivity index (χ1) is 16.9. The highest BCUT2D eigenvalue weighted by Gasteiger charge is 2.67. The molecule has 2 aromatic carbocycles. The lowest BCUT2D eigenvalue weighted by Gasteiger charge is -2.39. The van der Waals surface area contributed by atoms with Crippen molar-refractivity contribution in [1.82, 2.24) is 10.2 Å². The summed E-state index contributed by atoms with van der Waals surface area (Å²) in [5, 5.41) is 23.6. The van der Waals surface area contributed by atoms with Gasteiger partial charge in [-0.3, -0.25) is 9.69 Å². The number of carboxylic acids is 2. The number of likely N-dealkylation sites (tertiary alicyclic amines) is 1. The number of amides is 1. The van der Waals surface area contributed by atoms with Gasteiger partial charge in [0.05, 0.1) is 0 Å². The van der Waals surface area contributed by atoms with E-state index in [4.69, 9.17) is 4.74 Å². The van der Waals surface area contributed by atoms with E-state index in [2.05, 4.69) is 5.32 Å². The van der Waals surface area contributed by atoms with Crippen LogP contribution in [0.3, 0.4) is 0 Å². The number of hydrogen-bond donors (Lipinski definition) is 3. The minimum absolute atomic E-state index is 0.166. The molecule has 1 fully saturated rings. The molecule has 1 saturated heterocycles. The number of ether oxygens (including phenoxy) is 1. The first kappa shape index (κ1) is 27.2. The second kappa shape index (κ2) is 10.3. The van der Waals surface area contributed by atoms with Gasteiger partial charge in [-0.2, -0.15) is 0 Å². The third-order valence-electron chi connectivity index (χ3n) is 7.06. The topological polar surface area (TPSA) is 116 Å². The maximum atomic E-state index is 12.9. The summed E-state index contributed by atoms with van der Waals surface area (Å²) in [6.45, 7) is 8.59. The average Bonchev–Trinajstić information content (AvgIpc) is 3.08. The van der Waals surface area contributed by atoms with Gasteiger partial charge >= 0.3 is 18.0 Å². The summed E-state index contributed by atoms with van der Waals surface area (Å²) in [6, 6.07) is 17.4. The third kappa shape index (κ3) is 4.95.